The maximum Gasteiger partial charge on any atom is 0.374 e. The molecule has 0 saturated carbocycles. The summed E-state index contributed by atoms with van der Waals surface area (Å²) in [5, 5.41) is 11.9. The van der Waals surface area contributed by atoms with Crippen LogP contribution in [0.2, 0.25) is 5.02 Å². The normalized spacial score (nSPS) is 10.1. The summed E-state index contributed by atoms with van der Waals surface area (Å²) in [5.41, 5.74) is 4.50. The molecule has 1 aromatic heterocycles. The van der Waals surface area contributed by atoms with E-state index in [-0.39, 0.29) is 17.3 Å². The summed E-state index contributed by atoms with van der Waals surface area (Å²) in [5.74, 6) is -0.666. The van der Waals surface area contributed by atoms with E-state index < -0.39 is 16.5 Å². The second-order valence-corrected chi connectivity index (χ2v) is 5.57. The van der Waals surface area contributed by atoms with Gasteiger partial charge in [-0.15, -0.1) is 0 Å². The molecule has 136 valence electrons. The van der Waals surface area contributed by atoms with Gasteiger partial charge >= 0.3 is 11.6 Å². The SMILES string of the molecule is O=C(NNc1ncnc(Oc2ccccc2)c1[N+](=O)[O-])c1cccc(Cl)c1. The van der Waals surface area contributed by atoms with E-state index in [1.165, 1.54) is 6.07 Å². The van der Waals surface area contributed by atoms with E-state index in [4.69, 9.17) is 16.3 Å². The lowest BCUT2D eigenvalue weighted by Crippen LogP contribution is -2.30. The summed E-state index contributed by atoms with van der Waals surface area (Å²) < 4.78 is 5.46. The number of hydrazine groups is 1. The Bertz CT molecular complexity index is 984. The van der Waals surface area contributed by atoms with E-state index in [0.717, 1.165) is 6.33 Å². The average Bonchev–Trinajstić information content (AvgIpc) is 2.66. The van der Waals surface area contributed by atoms with Crippen LogP contribution in [0, 0.1) is 10.1 Å². The Balaban J connectivity index is 1.82. The molecular weight excluding hydrogens is 374 g/mol. The lowest BCUT2D eigenvalue weighted by Gasteiger charge is -2.10. The fourth-order valence-corrected chi connectivity index (χ4v) is 2.30. The molecule has 2 aromatic carbocycles. The van der Waals surface area contributed by atoms with Gasteiger partial charge in [0, 0.05) is 10.6 Å². The second-order valence-electron chi connectivity index (χ2n) is 5.14. The summed E-state index contributed by atoms with van der Waals surface area (Å²) in [7, 11) is 0. The summed E-state index contributed by atoms with van der Waals surface area (Å²) >= 11 is 5.84. The van der Waals surface area contributed by atoms with Crippen molar-refractivity contribution in [2.24, 2.45) is 0 Å². The number of rotatable bonds is 6. The highest BCUT2D eigenvalue weighted by molar-refractivity contribution is 6.30. The molecule has 0 unspecified atom stereocenters. The molecule has 0 aliphatic heterocycles. The van der Waals surface area contributed by atoms with E-state index in [2.05, 4.69) is 20.8 Å². The Morgan fingerprint density at radius 3 is 2.59 bits per heavy atom. The number of para-hydroxylation sites is 1. The zero-order valence-electron chi connectivity index (χ0n) is 13.6. The third-order valence-electron chi connectivity index (χ3n) is 3.31. The Labute approximate surface area is 158 Å². The molecule has 9 nitrogen and oxygen atoms in total. The topological polar surface area (TPSA) is 119 Å². The van der Waals surface area contributed by atoms with Crippen molar-refractivity contribution in [3.05, 3.63) is 81.6 Å². The molecular formula is C17H12ClN5O4. The largest absolute Gasteiger partial charge is 0.434 e. The molecule has 0 saturated heterocycles. The number of ether oxygens (including phenoxy) is 1. The summed E-state index contributed by atoms with van der Waals surface area (Å²) in [6, 6.07) is 14.7. The Kier molecular flexibility index (Phi) is 5.43. The molecule has 0 spiro atoms. The molecule has 0 bridgehead atoms. The van der Waals surface area contributed by atoms with Crippen molar-refractivity contribution >= 4 is 29.0 Å². The van der Waals surface area contributed by atoms with E-state index in [0.29, 0.717) is 10.8 Å². The first-order chi connectivity index (χ1) is 13.0. The highest BCUT2D eigenvalue weighted by atomic mass is 35.5. The van der Waals surface area contributed by atoms with Gasteiger partial charge in [-0.2, -0.15) is 4.98 Å². The molecule has 1 heterocycles. The first-order valence-electron chi connectivity index (χ1n) is 7.59. The number of nitrogens with one attached hydrogen (secondary N) is 2. The van der Waals surface area contributed by atoms with Gasteiger partial charge in [0.15, 0.2) is 0 Å². The third-order valence-corrected chi connectivity index (χ3v) is 3.55. The number of nitro groups is 1. The van der Waals surface area contributed by atoms with Crippen LogP contribution in [0.4, 0.5) is 11.5 Å². The van der Waals surface area contributed by atoms with Gasteiger partial charge in [-0.3, -0.25) is 25.8 Å². The van der Waals surface area contributed by atoms with Crippen LogP contribution in [0.25, 0.3) is 0 Å². The van der Waals surface area contributed by atoms with Crippen molar-refractivity contribution in [3.8, 4) is 11.6 Å². The highest BCUT2D eigenvalue weighted by Gasteiger charge is 2.25. The number of nitrogens with zero attached hydrogens (tertiary/aromatic N) is 3. The van der Waals surface area contributed by atoms with Crippen molar-refractivity contribution in [1.82, 2.24) is 15.4 Å². The molecule has 0 aliphatic carbocycles. The Hall–Kier alpha value is -3.72. The molecule has 1 amide bonds. The maximum atomic E-state index is 12.2. The summed E-state index contributed by atoms with van der Waals surface area (Å²) in [4.78, 5) is 30.5. The fraction of sp³-hybridized carbons (Fsp3) is 0. The van der Waals surface area contributed by atoms with Gasteiger partial charge in [0.25, 0.3) is 5.91 Å². The molecule has 10 heteroatoms. The number of anilines is 1. The van der Waals surface area contributed by atoms with E-state index in [1.54, 1.807) is 48.5 Å². The van der Waals surface area contributed by atoms with Crippen LogP contribution in [0.1, 0.15) is 10.4 Å². The van der Waals surface area contributed by atoms with Gasteiger partial charge < -0.3 is 4.74 Å². The zero-order chi connectivity index (χ0) is 19.2. The van der Waals surface area contributed by atoms with Crippen LogP contribution >= 0.6 is 11.6 Å². The minimum Gasteiger partial charge on any atom is -0.434 e. The average molecular weight is 386 g/mol. The number of aromatic nitrogens is 2. The third kappa shape index (κ3) is 4.47. The highest BCUT2D eigenvalue weighted by Crippen LogP contribution is 2.33. The number of hydrogen-bond donors (Lipinski definition) is 2. The number of carbonyl (C=O) groups excluding carboxylic acids is 1. The molecule has 0 atom stereocenters. The van der Waals surface area contributed by atoms with Crippen LogP contribution in [-0.4, -0.2) is 20.8 Å². The number of hydrogen-bond acceptors (Lipinski definition) is 7. The first-order valence-corrected chi connectivity index (χ1v) is 7.96. The van der Waals surface area contributed by atoms with Crippen LogP contribution < -0.4 is 15.6 Å². The van der Waals surface area contributed by atoms with Crippen molar-refractivity contribution in [2.75, 3.05) is 5.43 Å². The van der Waals surface area contributed by atoms with Crippen LogP contribution in [-0.2, 0) is 0 Å². The number of amides is 1. The standard InChI is InChI=1S/C17H12ClN5O4/c18-12-6-4-5-11(9-12)16(24)22-21-15-14(23(25)26)17(20-10-19-15)27-13-7-2-1-3-8-13/h1-10H,(H,22,24)(H,19,20,21). The number of carbonyl (C=O) groups is 1. The minimum absolute atomic E-state index is 0.226. The number of benzene rings is 2. The number of halogens is 1. The molecule has 27 heavy (non-hydrogen) atoms. The van der Waals surface area contributed by atoms with Gasteiger partial charge in [0.05, 0.1) is 4.92 Å². The second kappa shape index (κ2) is 8.11. The summed E-state index contributed by atoms with van der Waals surface area (Å²) in [6.45, 7) is 0. The molecule has 3 aromatic rings. The predicted molar refractivity (Wildman–Crippen MR) is 97.7 cm³/mol. The Morgan fingerprint density at radius 1 is 1.11 bits per heavy atom. The van der Waals surface area contributed by atoms with Gasteiger partial charge in [-0.05, 0) is 30.3 Å². The minimum atomic E-state index is -0.702. The zero-order valence-corrected chi connectivity index (χ0v) is 14.4. The van der Waals surface area contributed by atoms with E-state index in [9.17, 15) is 14.9 Å². The van der Waals surface area contributed by atoms with Crippen LogP contribution in [0.15, 0.2) is 60.9 Å². The Morgan fingerprint density at radius 2 is 1.89 bits per heavy atom. The molecule has 0 radical (unpaired) electrons. The monoisotopic (exact) mass is 385 g/mol. The van der Waals surface area contributed by atoms with Gasteiger partial charge in [0.2, 0.25) is 5.82 Å². The van der Waals surface area contributed by atoms with Crippen LogP contribution in [0.5, 0.6) is 11.6 Å². The lowest BCUT2D eigenvalue weighted by molar-refractivity contribution is -0.385. The maximum absolute atomic E-state index is 12.2. The van der Waals surface area contributed by atoms with Crippen LogP contribution in [0.3, 0.4) is 0 Å². The summed E-state index contributed by atoms with van der Waals surface area (Å²) in [6.07, 6.45) is 1.08. The van der Waals surface area contributed by atoms with Crippen molar-refractivity contribution < 1.29 is 14.5 Å². The van der Waals surface area contributed by atoms with Crippen molar-refractivity contribution in [1.29, 1.82) is 0 Å². The predicted octanol–water partition coefficient (Wildman–Crippen LogP) is 3.59. The smallest absolute Gasteiger partial charge is 0.374 e. The van der Waals surface area contributed by atoms with E-state index >= 15 is 0 Å². The van der Waals surface area contributed by atoms with Crippen molar-refractivity contribution in [2.45, 2.75) is 0 Å². The molecule has 3 rings (SSSR count). The van der Waals surface area contributed by atoms with E-state index in [1.807, 2.05) is 0 Å². The first kappa shape index (κ1) is 18.1. The van der Waals surface area contributed by atoms with Gasteiger partial charge in [-0.25, -0.2) is 4.98 Å². The van der Waals surface area contributed by atoms with Crippen molar-refractivity contribution in [3.63, 3.8) is 0 Å². The van der Waals surface area contributed by atoms with Gasteiger partial charge in [0.1, 0.15) is 12.1 Å². The van der Waals surface area contributed by atoms with Gasteiger partial charge in [-0.1, -0.05) is 35.9 Å². The molecule has 2 N–H and O–H groups in total. The molecule has 0 aliphatic rings. The lowest BCUT2D eigenvalue weighted by atomic mass is 10.2. The quantitative estimate of drug-likeness (QED) is 0.491. The molecule has 0 fully saturated rings. The fourth-order valence-electron chi connectivity index (χ4n) is 2.11.